The minimum atomic E-state index is -0.433. The molecule has 1 aromatic carbocycles. The summed E-state index contributed by atoms with van der Waals surface area (Å²) in [6.45, 7) is 0. The van der Waals surface area contributed by atoms with E-state index in [1.54, 1.807) is 18.2 Å². The minimum absolute atomic E-state index is 0.219. The van der Waals surface area contributed by atoms with Gasteiger partial charge in [0.05, 0.1) is 10.9 Å². The summed E-state index contributed by atoms with van der Waals surface area (Å²) in [5.74, 6) is -0.219. The number of benzene rings is 1. The highest BCUT2D eigenvalue weighted by atomic mass is 79.9. The summed E-state index contributed by atoms with van der Waals surface area (Å²) in [6, 6.07) is 4.77. The quantitative estimate of drug-likeness (QED) is 0.738. The second-order valence-electron chi connectivity index (χ2n) is 2.48. The molecule has 0 spiro atoms. The summed E-state index contributed by atoms with van der Waals surface area (Å²) in [7, 11) is 0. The number of hydrogen-bond donors (Lipinski definition) is 2. The lowest BCUT2D eigenvalue weighted by molar-refractivity contribution is 0.403. The maximum atomic E-state index is 9.34. The SMILES string of the molecule is Oc1nc(O)c2cccc(Br)c2n1. The molecule has 66 valence electrons. The lowest BCUT2D eigenvalue weighted by atomic mass is 10.2. The largest absolute Gasteiger partial charge is 0.493 e. The van der Waals surface area contributed by atoms with Crippen LogP contribution >= 0.6 is 15.9 Å². The minimum Gasteiger partial charge on any atom is -0.493 e. The monoisotopic (exact) mass is 240 g/mol. The van der Waals surface area contributed by atoms with Crippen molar-refractivity contribution in [3.05, 3.63) is 22.7 Å². The normalized spacial score (nSPS) is 10.5. The molecule has 0 aliphatic heterocycles. The number of halogens is 1. The molecule has 0 radical (unpaired) electrons. The molecule has 0 unspecified atom stereocenters. The summed E-state index contributed by atoms with van der Waals surface area (Å²) in [5.41, 5.74) is 0.493. The van der Waals surface area contributed by atoms with Gasteiger partial charge in [-0.05, 0) is 28.1 Å². The molecule has 0 atom stereocenters. The van der Waals surface area contributed by atoms with E-state index in [0.29, 0.717) is 15.4 Å². The van der Waals surface area contributed by atoms with E-state index in [-0.39, 0.29) is 5.88 Å². The van der Waals surface area contributed by atoms with Gasteiger partial charge in [-0.2, -0.15) is 9.97 Å². The standard InChI is InChI=1S/C8H5BrN2O2/c9-5-3-1-2-4-6(5)10-8(13)11-7(4)12/h1-3H,(H2,10,11,12,13). The van der Waals surface area contributed by atoms with Crippen LogP contribution in [-0.2, 0) is 0 Å². The number of para-hydroxylation sites is 1. The van der Waals surface area contributed by atoms with E-state index in [0.717, 1.165) is 0 Å². The molecule has 0 saturated heterocycles. The Morgan fingerprint density at radius 2 is 1.92 bits per heavy atom. The Kier molecular flexibility index (Phi) is 1.81. The van der Waals surface area contributed by atoms with Gasteiger partial charge in [-0.15, -0.1) is 0 Å². The van der Waals surface area contributed by atoms with Crippen LogP contribution in [0.5, 0.6) is 11.9 Å². The first-order valence-electron chi connectivity index (χ1n) is 3.52. The smallest absolute Gasteiger partial charge is 0.317 e. The molecule has 5 heteroatoms. The van der Waals surface area contributed by atoms with E-state index in [9.17, 15) is 5.11 Å². The molecule has 13 heavy (non-hydrogen) atoms. The van der Waals surface area contributed by atoms with Gasteiger partial charge < -0.3 is 10.2 Å². The Morgan fingerprint density at radius 3 is 2.69 bits per heavy atom. The van der Waals surface area contributed by atoms with Crippen molar-refractivity contribution in [3.8, 4) is 11.9 Å². The van der Waals surface area contributed by atoms with Gasteiger partial charge in [0.2, 0.25) is 5.88 Å². The molecule has 4 nitrogen and oxygen atoms in total. The molecule has 0 aliphatic rings. The average molecular weight is 241 g/mol. The fraction of sp³-hybridized carbons (Fsp3) is 0. The van der Waals surface area contributed by atoms with Crippen molar-refractivity contribution in [2.24, 2.45) is 0 Å². The Labute approximate surface area is 82.0 Å². The molecule has 1 aromatic heterocycles. The maximum absolute atomic E-state index is 9.34. The fourth-order valence-electron chi connectivity index (χ4n) is 1.09. The number of rotatable bonds is 0. The first kappa shape index (κ1) is 8.25. The Morgan fingerprint density at radius 1 is 1.15 bits per heavy atom. The molecule has 0 saturated carbocycles. The van der Waals surface area contributed by atoms with Gasteiger partial charge in [-0.25, -0.2) is 0 Å². The van der Waals surface area contributed by atoms with Crippen molar-refractivity contribution in [1.82, 2.24) is 9.97 Å². The summed E-state index contributed by atoms with van der Waals surface area (Å²) < 4.78 is 0.706. The molecule has 0 fully saturated rings. The topological polar surface area (TPSA) is 66.2 Å². The van der Waals surface area contributed by atoms with Gasteiger partial charge in [-0.3, -0.25) is 0 Å². The molecular formula is C8H5BrN2O2. The third kappa shape index (κ3) is 1.31. The highest BCUT2D eigenvalue weighted by molar-refractivity contribution is 9.10. The first-order chi connectivity index (χ1) is 6.18. The Bertz CT molecular complexity index is 473. The third-order valence-corrected chi connectivity index (χ3v) is 2.29. The number of nitrogens with zero attached hydrogens (tertiary/aromatic N) is 2. The fourth-order valence-corrected chi connectivity index (χ4v) is 1.54. The number of fused-ring (bicyclic) bond motifs is 1. The molecule has 0 amide bonds. The predicted octanol–water partition coefficient (Wildman–Crippen LogP) is 1.80. The predicted molar refractivity (Wildman–Crippen MR) is 50.6 cm³/mol. The highest BCUT2D eigenvalue weighted by Crippen LogP contribution is 2.28. The summed E-state index contributed by atoms with van der Waals surface area (Å²) in [6.07, 6.45) is 0. The van der Waals surface area contributed by atoms with E-state index in [1.165, 1.54) is 0 Å². The van der Waals surface area contributed by atoms with Crippen LogP contribution in [0.15, 0.2) is 22.7 Å². The molecular weight excluding hydrogens is 236 g/mol. The summed E-state index contributed by atoms with van der Waals surface area (Å²) >= 11 is 3.25. The molecule has 0 bridgehead atoms. The van der Waals surface area contributed by atoms with Crippen LogP contribution in [-0.4, -0.2) is 20.2 Å². The van der Waals surface area contributed by atoms with Crippen LogP contribution in [0.3, 0.4) is 0 Å². The van der Waals surface area contributed by atoms with Crippen molar-refractivity contribution in [1.29, 1.82) is 0 Å². The van der Waals surface area contributed by atoms with Crippen molar-refractivity contribution in [2.45, 2.75) is 0 Å². The van der Waals surface area contributed by atoms with E-state index < -0.39 is 6.01 Å². The van der Waals surface area contributed by atoms with Gasteiger partial charge in [0.15, 0.2) is 0 Å². The zero-order valence-electron chi connectivity index (χ0n) is 6.40. The van der Waals surface area contributed by atoms with Crippen LogP contribution < -0.4 is 0 Å². The number of aromatic hydroxyl groups is 2. The number of aromatic nitrogens is 2. The molecule has 0 aliphatic carbocycles. The van der Waals surface area contributed by atoms with Gasteiger partial charge >= 0.3 is 6.01 Å². The summed E-state index contributed by atoms with van der Waals surface area (Å²) in [4.78, 5) is 7.20. The zero-order valence-corrected chi connectivity index (χ0v) is 7.98. The van der Waals surface area contributed by atoms with Crippen LogP contribution in [0.1, 0.15) is 0 Å². The van der Waals surface area contributed by atoms with Crippen molar-refractivity contribution in [3.63, 3.8) is 0 Å². The molecule has 1 heterocycles. The van der Waals surface area contributed by atoms with E-state index in [1.807, 2.05) is 0 Å². The maximum Gasteiger partial charge on any atom is 0.317 e. The zero-order chi connectivity index (χ0) is 9.42. The van der Waals surface area contributed by atoms with Crippen LogP contribution in [0.2, 0.25) is 0 Å². The van der Waals surface area contributed by atoms with Gasteiger partial charge in [0.1, 0.15) is 0 Å². The van der Waals surface area contributed by atoms with Gasteiger partial charge in [0, 0.05) is 4.47 Å². The van der Waals surface area contributed by atoms with Crippen LogP contribution in [0.25, 0.3) is 10.9 Å². The van der Waals surface area contributed by atoms with Crippen molar-refractivity contribution >= 4 is 26.8 Å². The second kappa shape index (κ2) is 2.85. The lowest BCUT2D eigenvalue weighted by Gasteiger charge is -2.01. The first-order valence-corrected chi connectivity index (χ1v) is 4.32. The van der Waals surface area contributed by atoms with E-state index >= 15 is 0 Å². The third-order valence-electron chi connectivity index (χ3n) is 1.65. The molecule has 2 N–H and O–H groups in total. The van der Waals surface area contributed by atoms with E-state index in [4.69, 9.17) is 5.11 Å². The molecule has 2 aromatic rings. The van der Waals surface area contributed by atoms with Crippen molar-refractivity contribution in [2.75, 3.05) is 0 Å². The molecule has 2 rings (SSSR count). The van der Waals surface area contributed by atoms with Crippen molar-refractivity contribution < 1.29 is 10.2 Å². The number of hydrogen-bond acceptors (Lipinski definition) is 4. The highest BCUT2D eigenvalue weighted by Gasteiger charge is 2.07. The van der Waals surface area contributed by atoms with Crippen LogP contribution in [0, 0.1) is 0 Å². The van der Waals surface area contributed by atoms with Gasteiger partial charge in [-0.1, -0.05) is 6.07 Å². The Hall–Kier alpha value is -1.36. The van der Waals surface area contributed by atoms with E-state index in [2.05, 4.69) is 25.9 Å². The second-order valence-corrected chi connectivity index (χ2v) is 3.34. The Balaban J connectivity index is 2.94. The lowest BCUT2D eigenvalue weighted by Crippen LogP contribution is -1.85. The van der Waals surface area contributed by atoms with Gasteiger partial charge in [0.25, 0.3) is 0 Å². The van der Waals surface area contributed by atoms with Crippen LogP contribution in [0.4, 0.5) is 0 Å². The summed E-state index contributed by atoms with van der Waals surface area (Å²) in [5, 5.41) is 18.9. The average Bonchev–Trinajstić information content (AvgIpc) is 2.07.